The molecule has 0 bridgehead atoms. The molecule has 2 heterocycles. The van der Waals surface area contributed by atoms with Crippen LogP contribution in [0.4, 0.5) is 0 Å². The molecule has 0 saturated heterocycles. The van der Waals surface area contributed by atoms with Crippen LogP contribution in [0.15, 0.2) is 22.5 Å². The van der Waals surface area contributed by atoms with Crippen molar-refractivity contribution in [1.82, 2.24) is 0 Å². The minimum Gasteiger partial charge on any atom is -0.294 e. The van der Waals surface area contributed by atoms with Gasteiger partial charge in [-0.3, -0.25) is 9.79 Å². The van der Waals surface area contributed by atoms with Gasteiger partial charge in [-0.2, -0.15) is 0 Å². The van der Waals surface area contributed by atoms with Crippen molar-refractivity contribution in [3.63, 3.8) is 0 Å². The summed E-state index contributed by atoms with van der Waals surface area (Å²) >= 11 is 1.51. The lowest BCUT2D eigenvalue weighted by atomic mass is 10.1. The molecular formula is C10H11NOS. The van der Waals surface area contributed by atoms with Crippen molar-refractivity contribution >= 4 is 22.8 Å². The standard InChI is InChI=1S/C10H11NOS/c12-9(10-4-2-6-13-10)7-8-3-1-5-11-8/h2,4,6H,1,3,5,7H2. The number of nitrogens with zero attached hydrogens (tertiary/aromatic N) is 1. The Balaban J connectivity index is 1.99. The molecule has 0 atom stereocenters. The predicted octanol–water partition coefficient (Wildman–Crippen LogP) is 2.56. The molecule has 0 fully saturated rings. The van der Waals surface area contributed by atoms with Gasteiger partial charge >= 0.3 is 0 Å². The molecule has 0 N–H and O–H groups in total. The highest BCUT2D eigenvalue weighted by molar-refractivity contribution is 7.12. The second-order valence-corrected chi connectivity index (χ2v) is 4.08. The van der Waals surface area contributed by atoms with Gasteiger partial charge in [-0.05, 0) is 24.3 Å². The van der Waals surface area contributed by atoms with Crippen LogP contribution < -0.4 is 0 Å². The molecule has 0 aliphatic carbocycles. The van der Waals surface area contributed by atoms with Crippen LogP contribution in [0.1, 0.15) is 28.9 Å². The molecule has 3 heteroatoms. The molecule has 1 aliphatic rings. The fourth-order valence-corrected chi connectivity index (χ4v) is 2.12. The lowest BCUT2D eigenvalue weighted by Gasteiger charge is -1.96. The Bertz CT molecular complexity index is 327. The summed E-state index contributed by atoms with van der Waals surface area (Å²) in [6.07, 6.45) is 2.66. The lowest BCUT2D eigenvalue weighted by Crippen LogP contribution is -2.04. The first-order chi connectivity index (χ1) is 6.36. The Morgan fingerprint density at radius 1 is 1.62 bits per heavy atom. The van der Waals surface area contributed by atoms with Crippen LogP contribution in [0, 0.1) is 0 Å². The maximum Gasteiger partial charge on any atom is 0.178 e. The molecule has 1 aliphatic heterocycles. The maximum atomic E-state index is 11.6. The molecule has 0 radical (unpaired) electrons. The third-order valence-electron chi connectivity index (χ3n) is 2.12. The fraction of sp³-hybridized carbons (Fsp3) is 0.400. The summed E-state index contributed by atoms with van der Waals surface area (Å²) in [7, 11) is 0. The fourth-order valence-electron chi connectivity index (χ4n) is 1.45. The third-order valence-corrected chi connectivity index (χ3v) is 3.03. The zero-order chi connectivity index (χ0) is 9.10. The summed E-state index contributed by atoms with van der Waals surface area (Å²) in [6, 6.07) is 3.79. The SMILES string of the molecule is O=C(CC1=NCCC1)c1cccs1. The summed E-state index contributed by atoms with van der Waals surface area (Å²) in [4.78, 5) is 16.7. The molecule has 0 aromatic carbocycles. The van der Waals surface area contributed by atoms with Crippen LogP contribution in [0.3, 0.4) is 0 Å². The van der Waals surface area contributed by atoms with E-state index in [9.17, 15) is 4.79 Å². The summed E-state index contributed by atoms with van der Waals surface area (Å²) in [5.74, 6) is 0.218. The molecule has 2 nitrogen and oxygen atoms in total. The van der Waals surface area contributed by atoms with Crippen molar-refractivity contribution in [2.75, 3.05) is 6.54 Å². The first-order valence-electron chi connectivity index (χ1n) is 4.45. The van der Waals surface area contributed by atoms with Crippen LogP contribution in [-0.2, 0) is 0 Å². The average Bonchev–Trinajstić information content (AvgIpc) is 2.74. The minimum atomic E-state index is 0.218. The number of hydrogen-bond acceptors (Lipinski definition) is 3. The highest BCUT2D eigenvalue weighted by atomic mass is 32.1. The van der Waals surface area contributed by atoms with Crippen molar-refractivity contribution in [3.05, 3.63) is 22.4 Å². The molecule has 0 spiro atoms. The van der Waals surface area contributed by atoms with Gasteiger partial charge in [0.25, 0.3) is 0 Å². The molecule has 13 heavy (non-hydrogen) atoms. The molecule has 0 amide bonds. The normalized spacial score (nSPS) is 15.8. The minimum absolute atomic E-state index is 0.218. The number of carbonyl (C=O) groups excluding carboxylic acids is 1. The molecule has 68 valence electrons. The molecule has 2 rings (SSSR count). The maximum absolute atomic E-state index is 11.6. The van der Waals surface area contributed by atoms with Crippen molar-refractivity contribution in [2.45, 2.75) is 19.3 Å². The van der Waals surface area contributed by atoms with Crippen molar-refractivity contribution < 1.29 is 4.79 Å². The Morgan fingerprint density at radius 3 is 3.15 bits per heavy atom. The Hall–Kier alpha value is -0.960. The van der Waals surface area contributed by atoms with E-state index in [-0.39, 0.29) is 5.78 Å². The first-order valence-corrected chi connectivity index (χ1v) is 5.33. The Kier molecular flexibility index (Phi) is 2.54. The van der Waals surface area contributed by atoms with Gasteiger partial charge in [0.05, 0.1) is 4.88 Å². The van der Waals surface area contributed by atoms with Gasteiger partial charge in [-0.25, -0.2) is 0 Å². The van der Waals surface area contributed by atoms with Crippen molar-refractivity contribution in [2.24, 2.45) is 4.99 Å². The van der Waals surface area contributed by atoms with Crippen LogP contribution in [0.25, 0.3) is 0 Å². The van der Waals surface area contributed by atoms with Gasteiger partial charge in [0.1, 0.15) is 0 Å². The van der Waals surface area contributed by atoms with E-state index in [0.717, 1.165) is 30.0 Å². The van der Waals surface area contributed by atoms with Gasteiger partial charge in [0, 0.05) is 18.7 Å². The van der Waals surface area contributed by atoms with Crippen molar-refractivity contribution in [1.29, 1.82) is 0 Å². The zero-order valence-electron chi connectivity index (χ0n) is 7.32. The van der Waals surface area contributed by atoms with Crippen LogP contribution in [0.2, 0.25) is 0 Å². The molecule has 1 aromatic rings. The van der Waals surface area contributed by atoms with E-state index in [1.807, 2.05) is 17.5 Å². The van der Waals surface area contributed by atoms with Gasteiger partial charge in [-0.1, -0.05) is 6.07 Å². The Labute approximate surface area is 81.3 Å². The van der Waals surface area contributed by atoms with Gasteiger partial charge < -0.3 is 0 Å². The molecule has 0 unspecified atom stereocenters. The quantitative estimate of drug-likeness (QED) is 0.678. The second kappa shape index (κ2) is 3.83. The molecular weight excluding hydrogens is 182 g/mol. The zero-order valence-corrected chi connectivity index (χ0v) is 8.14. The number of rotatable bonds is 3. The number of aliphatic imine (C=N–C) groups is 1. The first kappa shape index (κ1) is 8.63. The van der Waals surface area contributed by atoms with Gasteiger partial charge in [0.15, 0.2) is 5.78 Å². The monoisotopic (exact) mass is 193 g/mol. The van der Waals surface area contributed by atoms with Gasteiger partial charge in [-0.15, -0.1) is 11.3 Å². The second-order valence-electron chi connectivity index (χ2n) is 3.13. The van der Waals surface area contributed by atoms with E-state index in [1.165, 1.54) is 11.3 Å². The van der Waals surface area contributed by atoms with Gasteiger partial charge in [0.2, 0.25) is 0 Å². The van der Waals surface area contributed by atoms with E-state index in [2.05, 4.69) is 4.99 Å². The molecule has 1 aromatic heterocycles. The summed E-state index contributed by atoms with van der Waals surface area (Å²) in [5.41, 5.74) is 1.08. The number of thiophene rings is 1. The number of carbonyl (C=O) groups is 1. The summed E-state index contributed by atoms with van der Waals surface area (Å²) in [6.45, 7) is 0.910. The number of ketones is 1. The van der Waals surface area contributed by atoms with E-state index in [0.29, 0.717) is 6.42 Å². The number of Topliss-reactive ketones (excluding diaryl/α,β-unsaturated/α-hetero) is 1. The smallest absolute Gasteiger partial charge is 0.178 e. The highest BCUT2D eigenvalue weighted by Gasteiger charge is 2.13. The topological polar surface area (TPSA) is 29.4 Å². The summed E-state index contributed by atoms with van der Waals surface area (Å²) in [5, 5.41) is 1.93. The predicted molar refractivity (Wildman–Crippen MR) is 54.8 cm³/mol. The van der Waals surface area contributed by atoms with E-state index < -0.39 is 0 Å². The largest absolute Gasteiger partial charge is 0.294 e. The average molecular weight is 193 g/mol. The van der Waals surface area contributed by atoms with E-state index in [4.69, 9.17) is 0 Å². The van der Waals surface area contributed by atoms with E-state index in [1.54, 1.807) is 0 Å². The van der Waals surface area contributed by atoms with Crippen molar-refractivity contribution in [3.8, 4) is 0 Å². The highest BCUT2D eigenvalue weighted by Crippen LogP contribution is 2.14. The van der Waals surface area contributed by atoms with Crippen LogP contribution >= 0.6 is 11.3 Å². The number of hydrogen-bond donors (Lipinski definition) is 0. The molecule has 0 saturated carbocycles. The van der Waals surface area contributed by atoms with Crippen LogP contribution in [-0.4, -0.2) is 18.0 Å². The Morgan fingerprint density at radius 2 is 2.54 bits per heavy atom. The van der Waals surface area contributed by atoms with E-state index >= 15 is 0 Å². The third kappa shape index (κ3) is 2.04. The van der Waals surface area contributed by atoms with Crippen LogP contribution in [0.5, 0.6) is 0 Å². The lowest BCUT2D eigenvalue weighted by molar-refractivity contribution is 0.100. The summed E-state index contributed by atoms with van der Waals surface area (Å²) < 4.78 is 0.